The number of aryl methyl sites for hydroxylation is 1. The molecule has 0 N–H and O–H groups in total. The smallest absolute Gasteiger partial charge is 0.254 e. The van der Waals surface area contributed by atoms with Crippen LogP contribution in [0.4, 0.5) is 20.2 Å². The second-order valence-corrected chi connectivity index (χ2v) is 8.79. The highest BCUT2D eigenvalue weighted by Crippen LogP contribution is 2.34. The predicted octanol–water partition coefficient (Wildman–Crippen LogP) is 5.04. The Kier molecular flexibility index (Phi) is 6.07. The Morgan fingerprint density at radius 3 is 2.03 bits per heavy atom. The molecule has 0 radical (unpaired) electrons. The van der Waals surface area contributed by atoms with Gasteiger partial charge in [0, 0.05) is 55.2 Å². The van der Waals surface area contributed by atoms with E-state index in [1.54, 1.807) is 9.80 Å². The first kappa shape index (κ1) is 22.8. The lowest BCUT2D eigenvalue weighted by Gasteiger charge is -2.35. The van der Waals surface area contributed by atoms with Crippen LogP contribution in [0.15, 0.2) is 66.7 Å². The van der Waals surface area contributed by atoms with E-state index in [9.17, 15) is 18.4 Å². The van der Waals surface area contributed by atoms with Crippen LogP contribution in [0.25, 0.3) is 6.08 Å². The summed E-state index contributed by atoms with van der Waals surface area (Å²) in [5.41, 5.74) is 5.07. The molecule has 5 nitrogen and oxygen atoms in total. The fraction of sp³-hybridized carbons (Fsp3) is 0.214. The summed E-state index contributed by atoms with van der Waals surface area (Å²) < 4.78 is 26.7. The molecule has 0 bridgehead atoms. The molecule has 0 aromatic heterocycles. The van der Waals surface area contributed by atoms with E-state index in [4.69, 9.17) is 0 Å². The third kappa shape index (κ3) is 4.41. The number of halogens is 2. The lowest BCUT2D eigenvalue weighted by atomic mass is 10.0. The van der Waals surface area contributed by atoms with Gasteiger partial charge in [-0.15, -0.1) is 0 Å². The van der Waals surface area contributed by atoms with E-state index in [-0.39, 0.29) is 17.4 Å². The van der Waals surface area contributed by atoms with Crippen LogP contribution in [-0.4, -0.2) is 54.3 Å². The first-order valence-corrected chi connectivity index (χ1v) is 11.6. The number of carbonyl (C=O) groups is 2. The number of nitrogens with zero attached hydrogens (tertiary/aromatic N) is 3. The molecule has 0 aliphatic carbocycles. The molecule has 7 heteroatoms. The summed E-state index contributed by atoms with van der Waals surface area (Å²) in [6.45, 7) is 4.18. The molecule has 5 rings (SSSR count). The van der Waals surface area contributed by atoms with Crippen LogP contribution in [0.5, 0.6) is 0 Å². The highest BCUT2D eigenvalue weighted by molar-refractivity contribution is 5.96. The molecule has 35 heavy (non-hydrogen) atoms. The van der Waals surface area contributed by atoms with Crippen LogP contribution in [0, 0.1) is 18.6 Å². The Morgan fingerprint density at radius 2 is 1.37 bits per heavy atom. The summed E-state index contributed by atoms with van der Waals surface area (Å²) in [7, 11) is 0. The number of hydrogen-bond acceptors (Lipinski definition) is 3. The van der Waals surface area contributed by atoms with Crippen molar-refractivity contribution in [1.82, 2.24) is 9.80 Å². The van der Waals surface area contributed by atoms with Gasteiger partial charge in [-0.2, -0.15) is 0 Å². The maximum Gasteiger partial charge on any atom is 0.254 e. The molecule has 2 aliphatic heterocycles. The van der Waals surface area contributed by atoms with Crippen molar-refractivity contribution in [1.29, 1.82) is 0 Å². The van der Waals surface area contributed by atoms with Crippen molar-refractivity contribution in [2.45, 2.75) is 6.92 Å². The Bertz CT molecular complexity index is 1330. The van der Waals surface area contributed by atoms with Gasteiger partial charge in [0.25, 0.3) is 11.8 Å². The molecule has 3 aromatic carbocycles. The van der Waals surface area contributed by atoms with Crippen LogP contribution in [0.3, 0.4) is 0 Å². The van der Waals surface area contributed by atoms with Crippen molar-refractivity contribution in [2.24, 2.45) is 0 Å². The second-order valence-electron chi connectivity index (χ2n) is 8.79. The van der Waals surface area contributed by atoms with E-state index in [2.05, 4.69) is 29.2 Å². The largest absolute Gasteiger partial charge is 0.337 e. The number of hydrogen-bond donors (Lipinski definition) is 0. The number of benzene rings is 3. The fourth-order valence-corrected chi connectivity index (χ4v) is 4.68. The molecule has 2 aliphatic rings. The molecule has 1 fully saturated rings. The maximum atomic E-state index is 13.5. The van der Waals surface area contributed by atoms with Crippen molar-refractivity contribution in [3.63, 3.8) is 0 Å². The molecule has 2 amide bonds. The Balaban J connectivity index is 1.26. The number of amides is 2. The summed E-state index contributed by atoms with van der Waals surface area (Å²) in [6, 6.07) is 17.1. The minimum Gasteiger partial charge on any atom is -0.337 e. The molecule has 0 saturated carbocycles. The van der Waals surface area contributed by atoms with Crippen molar-refractivity contribution in [3.8, 4) is 0 Å². The predicted molar refractivity (Wildman–Crippen MR) is 132 cm³/mol. The van der Waals surface area contributed by atoms with Crippen molar-refractivity contribution in [2.75, 3.05) is 37.6 Å². The van der Waals surface area contributed by atoms with Gasteiger partial charge in [0.05, 0.1) is 0 Å². The van der Waals surface area contributed by atoms with E-state index < -0.39 is 11.6 Å². The number of carbonyl (C=O) groups excluding carboxylic acids is 2. The summed E-state index contributed by atoms with van der Waals surface area (Å²) in [5, 5.41) is 0. The molecule has 3 aromatic rings. The highest BCUT2D eigenvalue weighted by atomic mass is 19.2. The van der Waals surface area contributed by atoms with Gasteiger partial charge in [0.15, 0.2) is 11.6 Å². The molecule has 0 unspecified atom stereocenters. The van der Waals surface area contributed by atoms with E-state index in [0.29, 0.717) is 31.7 Å². The third-order valence-corrected chi connectivity index (χ3v) is 6.57. The van der Waals surface area contributed by atoms with Crippen LogP contribution in [0.1, 0.15) is 31.8 Å². The number of piperazine rings is 1. The Labute approximate surface area is 202 Å². The van der Waals surface area contributed by atoms with Crippen LogP contribution < -0.4 is 4.90 Å². The first-order valence-electron chi connectivity index (χ1n) is 11.6. The summed E-state index contributed by atoms with van der Waals surface area (Å²) in [5.74, 6) is -2.49. The Morgan fingerprint density at radius 1 is 0.743 bits per heavy atom. The molecule has 0 spiro atoms. The van der Waals surface area contributed by atoms with Crippen molar-refractivity contribution in [3.05, 3.63) is 101 Å². The van der Waals surface area contributed by atoms with Crippen LogP contribution in [0.2, 0.25) is 0 Å². The van der Waals surface area contributed by atoms with Crippen molar-refractivity contribution < 1.29 is 18.4 Å². The minimum atomic E-state index is -1.05. The number of anilines is 2. The van der Waals surface area contributed by atoms with Gasteiger partial charge in [-0.05, 0) is 60.5 Å². The van der Waals surface area contributed by atoms with Gasteiger partial charge in [-0.1, -0.05) is 30.4 Å². The molecular formula is C28H25F2N3O2. The number of rotatable bonds is 3. The monoisotopic (exact) mass is 473 g/mol. The average Bonchev–Trinajstić information content (AvgIpc) is 2.89. The second kappa shape index (κ2) is 9.33. The van der Waals surface area contributed by atoms with Crippen LogP contribution >= 0.6 is 0 Å². The lowest BCUT2D eigenvalue weighted by molar-refractivity contribution is 0.0535. The van der Waals surface area contributed by atoms with Gasteiger partial charge in [-0.25, -0.2) is 8.78 Å². The topological polar surface area (TPSA) is 43.9 Å². The molecule has 178 valence electrons. The van der Waals surface area contributed by atoms with Gasteiger partial charge < -0.3 is 14.7 Å². The number of para-hydroxylation sites is 1. The quantitative estimate of drug-likeness (QED) is 0.536. The van der Waals surface area contributed by atoms with Gasteiger partial charge in [-0.3, -0.25) is 9.59 Å². The molecule has 0 atom stereocenters. The van der Waals surface area contributed by atoms with Crippen molar-refractivity contribution >= 4 is 29.3 Å². The molecule has 1 saturated heterocycles. The van der Waals surface area contributed by atoms with Gasteiger partial charge >= 0.3 is 0 Å². The first-order chi connectivity index (χ1) is 16.9. The van der Waals surface area contributed by atoms with Crippen LogP contribution in [-0.2, 0) is 0 Å². The van der Waals surface area contributed by atoms with Gasteiger partial charge in [0.1, 0.15) is 0 Å². The van der Waals surface area contributed by atoms with E-state index in [0.717, 1.165) is 41.2 Å². The van der Waals surface area contributed by atoms with E-state index in [1.807, 2.05) is 37.3 Å². The SMILES string of the molecule is Cc1cc(C(=O)N2CCN(C(=O)c3ccc(F)c(F)c3)CC2)ccc1N1CC=Cc2ccccc21. The summed E-state index contributed by atoms with van der Waals surface area (Å²) in [4.78, 5) is 31.4. The third-order valence-electron chi connectivity index (χ3n) is 6.57. The molecular weight excluding hydrogens is 448 g/mol. The fourth-order valence-electron chi connectivity index (χ4n) is 4.68. The minimum absolute atomic E-state index is 0.0847. The summed E-state index contributed by atoms with van der Waals surface area (Å²) in [6.07, 6.45) is 4.25. The highest BCUT2D eigenvalue weighted by Gasteiger charge is 2.26. The Hall–Kier alpha value is -4.00. The van der Waals surface area contributed by atoms with E-state index >= 15 is 0 Å². The van der Waals surface area contributed by atoms with E-state index in [1.165, 1.54) is 6.07 Å². The zero-order chi connectivity index (χ0) is 24.5. The standard InChI is InChI=1S/C28H25F2N3O2/c1-19-17-21(9-11-25(19)33-12-4-6-20-5-2-3-7-26(20)33)27(34)31-13-15-32(16-14-31)28(35)22-8-10-23(29)24(30)18-22/h2-11,17-18H,12-16H2,1H3. The average molecular weight is 474 g/mol. The maximum absolute atomic E-state index is 13.5. The zero-order valence-electron chi connectivity index (χ0n) is 19.4. The normalized spacial score (nSPS) is 15.2. The number of fused-ring (bicyclic) bond motifs is 1. The lowest BCUT2D eigenvalue weighted by Crippen LogP contribution is -2.50. The summed E-state index contributed by atoms with van der Waals surface area (Å²) >= 11 is 0. The molecule has 2 heterocycles. The van der Waals surface area contributed by atoms with Gasteiger partial charge in [0.2, 0.25) is 0 Å². The zero-order valence-corrected chi connectivity index (χ0v) is 19.4.